The average molecular weight is 328 g/mol. The van der Waals surface area contributed by atoms with Crippen LogP contribution in [-0.2, 0) is 13.6 Å². The Morgan fingerprint density at radius 1 is 1.17 bits per heavy atom. The van der Waals surface area contributed by atoms with Crippen LogP contribution in [-0.4, -0.2) is 30.2 Å². The van der Waals surface area contributed by atoms with Gasteiger partial charge in [-0.2, -0.15) is 0 Å². The second-order valence-electron chi connectivity index (χ2n) is 6.22. The van der Waals surface area contributed by atoms with Gasteiger partial charge in [-0.3, -0.25) is 9.69 Å². The van der Waals surface area contributed by atoms with Gasteiger partial charge in [0.25, 0.3) is 5.56 Å². The summed E-state index contributed by atoms with van der Waals surface area (Å²) in [6.07, 6.45) is 4.06. The van der Waals surface area contributed by atoms with E-state index in [9.17, 15) is 4.79 Å². The van der Waals surface area contributed by atoms with Crippen molar-refractivity contribution in [3.8, 4) is 11.5 Å². The van der Waals surface area contributed by atoms with E-state index in [1.807, 2.05) is 24.4 Å². The van der Waals surface area contributed by atoms with E-state index in [1.54, 1.807) is 31.9 Å². The monoisotopic (exact) mass is 328 g/mol. The van der Waals surface area contributed by atoms with Gasteiger partial charge < -0.3 is 14.0 Å². The fourth-order valence-electron chi connectivity index (χ4n) is 3.38. The molecule has 24 heavy (non-hydrogen) atoms. The molecule has 0 amide bonds. The van der Waals surface area contributed by atoms with Crippen LogP contribution >= 0.6 is 0 Å². The Labute approximate surface area is 142 Å². The molecule has 1 aliphatic heterocycles. The van der Waals surface area contributed by atoms with Crippen molar-refractivity contribution in [3.63, 3.8) is 0 Å². The molecule has 1 aromatic carbocycles. The van der Waals surface area contributed by atoms with Crippen molar-refractivity contribution in [2.75, 3.05) is 20.8 Å². The second-order valence-corrected chi connectivity index (χ2v) is 6.22. The van der Waals surface area contributed by atoms with Crippen molar-refractivity contribution in [1.29, 1.82) is 0 Å². The summed E-state index contributed by atoms with van der Waals surface area (Å²) < 4.78 is 12.5. The molecule has 1 fully saturated rings. The maximum atomic E-state index is 11.8. The molecule has 2 heterocycles. The maximum Gasteiger partial charge on any atom is 0.250 e. The maximum absolute atomic E-state index is 11.8. The van der Waals surface area contributed by atoms with E-state index >= 15 is 0 Å². The number of hydrogen-bond donors (Lipinski definition) is 0. The largest absolute Gasteiger partial charge is 0.497 e. The van der Waals surface area contributed by atoms with Crippen LogP contribution in [0.2, 0.25) is 0 Å². The quantitative estimate of drug-likeness (QED) is 0.846. The number of aryl methyl sites for hydroxylation is 1. The molecule has 0 spiro atoms. The molecule has 1 atom stereocenters. The van der Waals surface area contributed by atoms with Crippen LogP contribution in [0.5, 0.6) is 11.5 Å². The van der Waals surface area contributed by atoms with Crippen molar-refractivity contribution in [2.45, 2.75) is 25.4 Å². The molecule has 0 saturated carbocycles. The minimum atomic E-state index is 0.0327. The van der Waals surface area contributed by atoms with Gasteiger partial charge in [0.05, 0.1) is 14.2 Å². The van der Waals surface area contributed by atoms with Crippen molar-refractivity contribution in [2.24, 2.45) is 7.05 Å². The molecule has 5 nitrogen and oxygen atoms in total. The van der Waals surface area contributed by atoms with E-state index in [2.05, 4.69) is 11.0 Å². The summed E-state index contributed by atoms with van der Waals surface area (Å²) in [4.78, 5) is 14.3. The molecule has 3 rings (SSSR count). The SMILES string of the molecule is COc1ccc([C@H]2CCCN2Cc2ccn(C)c(=O)c2)c(OC)c1. The third-order valence-corrected chi connectivity index (χ3v) is 4.72. The van der Waals surface area contributed by atoms with Crippen molar-refractivity contribution < 1.29 is 9.47 Å². The fourth-order valence-corrected chi connectivity index (χ4v) is 3.38. The molecule has 0 N–H and O–H groups in total. The highest BCUT2D eigenvalue weighted by atomic mass is 16.5. The first kappa shape index (κ1) is 16.6. The summed E-state index contributed by atoms with van der Waals surface area (Å²) in [5.41, 5.74) is 2.27. The summed E-state index contributed by atoms with van der Waals surface area (Å²) in [5.74, 6) is 1.65. The smallest absolute Gasteiger partial charge is 0.250 e. The molecule has 0 bridgehead atoms. The Kier molecular flexibility index (Phi) is 4.90. The molecule has 0 radical (unpaired) electrons. The number of rotatable bonds is 5. The highest BCUT2D eigenvalue weighted by Gasteiger charge is 2.28. The van der Waals surface area contributed by atoms with Crippen LogP contribution in [0, 0.1) is 0 Å². The number of nitrogens with zero attached hydrogens (tertiary/aromatic N) is 2. The van der Waals surface area contributed by atoms with Gasteiger partial charge >= 0.3 is 0 Å². The number of hydrogen-bond acceptors (Lipinski definition) is 4. The van der Waals surface area contributed by atoms with Crippen molar-refractivity contribution in [1.82, 2.24) is 9.47 Å². The Balaban J connectivity index is 1.85. The van der Waals surface area contributed by atoms with Gasteiger partial charge in [0, 0.05) is 43.5 Å². The average Bonchev–Trinajstić information content (AvgIpc) is 3.05. The van der Waals surface area contributed by atoms with E-state index < -0.39 is 0 Å². The van der Waals surface area contributed by atoms with E-state index in [0.717, 1.165) is 43.0 Å². The lowest BCUT2D eigenvalue weighted by Crippen LogP contribution is -2.24. The zero-order valence-electron chi connectivity index (χ0n) is 14.5. The first-order chi connectivity index (χ1) is 11.6. The third-order valence-electron chi connectivity index (χ3n) is 4.72. The fraction of sp³-hybridized carbons (Fsp3) is 0.421. The summed E-state index contributed by atoms with van der Waals surface area (Å²) in [5, 5.41) is 0. The zero-order chi connectivity index (χ0) is 17.1. The van der Waals surface area contributed by atoms with Gasteiger partial charge in [0.15, 0.2) is 0 Å². The Bertz CT molecular complexity index is 769. The van der Waals surface area contributed by atoms with Gasteiger partial charge in [-0.15, -0.1) is 0 Å². The molecular weight excluding hydrogens is 304 g/mol. The first-order valence-electron chi connectivity index (χ1n) is 8.24. The standard InChI is InChI=1S/C19H24N2O3/c1-20-10-8-14(11-19(20)22)13-21-9-4-5-17(21)16-7-6-15(23-2)12-18(16)24-3/h6-8,10-12,17H,4-5,9,13H2,1-3H3/t17-/m1/s1. The van der Waals surface area contributed by atoms with Gasteiger partial charge in [0.1, 0.15) is 11.5 Å². The van der Waals surface area contributed by atoms with Crippen LogP contribution < -0.4 is 15.0 Å². The zero-order valence-corrected chi connectivity index (χ0v) is 14.5. The van der Waals surface area contributed by atoms with Crippen LogP contribution in [0.25, 0.3) is 0 Å². The highest BCUT2D eigenvalue weighted by Crippen LogP contribution is 2.39. The van der Waals surface area contributed by atoms with Crippen LogP contribution in [0.3, 0.4) is 0 Å². The molecular formula is C19H24N2O3. The highest BCUT2D eigenvalue weighted by molar-refractivity contribution is 5.43. The Morgan fingerprint density at radius 2 is 2.00 bits per heavy atom. The lowest BCUT2D eigenvalue weighted by molar-refractivity contribution is 0.242. The number of likely N-dealkylation sites (tertiary alicyclic amines) is 1. The number of ether oxygens (including phenoxy) is 2. The van der Waals surface area contributed by atoms with E-state index in [4.69, 9.17) is 9.47 Å². The number of methoxy groups -OCH3 is 2. The summed E-state index contributed by atoms with van der Waals surface area (Å²) >= 11 is 0. The lowest BCUT2D eigenvalue weighted by atomic mass is 10.0. The minimum absolute atomic E-state index is 0.0327. The van der Waals surface area contributed by atoms with Gasteiger partial charge in [-0.25, -0.2) is 0 Å². The van der Waals surface area contributed by atoms with Crippen LogP contribution in [0.4, 0.5) is 0 Å². The van der Waals surface area contributed by atoms with Crippen LogP contribution in [0.1, 0.15) is 30.0 Å². The molecule has 1 aromatic heterocycles. The lowest BCUT2D eigenvalue weighted by Gasteiger charge is -2.26. The number of benzene rings is 1. The van der Waals surface area contributed by atoms with Crippen molar-refractivity contribution >= 4 is 0 Å². The minimum Gasteiger partial charge on any atom is -0.497 e. The number of pyridine rings is 1. The summed E-state index contributed by atoms with van der Waals surface area (Å²) in [6, 6.07) is 10.0. The normalized spacial score (nSPS) is 17.9. The van der Waals surface area contributed by atoms with Crippen LogP contribution in [0.15, 0.2) is 41.3 Å². The second kappa shape index (κ2) is 7.09. The first-order valence-corrected chi connectivity index (χ1v) is 8.24. The van der Waals surface area contributed by atoms with E-state index in [1.165, 1.54) is 5.56 Å². The summed E-state index contributed by atoms with van der Waals surface area (Å²) in [7, 11) is 5.12. The molecule has 0 unspecified atom stereocenters. The predicted molar refractivity (Wildman–Crippen MR) is 93.6 cm³/mol. The van der Waals surface area contributed by atoms with Crippen molar-refractivity contribution in [3.05, 3.63) is 58.0 Å². The van der Waals surface area contributed by atoms with Gasteiger partial charge in [-0.05, 0) is 37.1 Å². The van der Waals surface area contributed by atoms with Gasteiger partial charge in [0.2, 0.25) is 0 Å². The molecule has 128 valence electrons. The Hall–Kier alpha value is -2.27. The Morgan fingerprint density at radius 3 is 2.71 bits per heavy atom. The van der Waals surface area contributed by atoms with E-state index in [0.29, 0.717) is 6.04 Å². The topological polar surface area (TPSA) is 43.7 Å². The van der Waals surface area contributed by atoms with E-state index in [-0.39, 0.29) is 5.56 Å². The predicted octanol–water partition coefficient (Wildman–Crippen LogP) is 2.74. The third kappa shape index (κ3) is 3.31. The molecule has 5 heteroatoms. The summed E-state index contributed by atoms with van der Waals surface area (Å²) in [6.45, 7) is 1.80. The molecule has 0 aliphatic carbocycles. The molecule has 2 aromatic rings. The van der Waals surface area contributed by atoms with Gasteiger partial charge in [-0.1, -0.05) is 6.07 Å². The molecule has 1 saturated heterocycles. The number of aromatic nitrogens is 1. The molecule has 1 aliphatic rings.